The van der Waals surface area contributed by atoms with Crippen LogP contribution in [0.5, 0.6) is 0 Å². The van der Waals surface area contributed by atoms with E-state index >= 15 is 0 Å². The molecule has 116 valence electrons. The van der Waals surface area contributed by atoms with E-state index in [-0.39, 0.29) is 22.4 Å². The second-order valence-corrected chi connectivity index (χ2v) is 7.28. The van der Waals surface area contributed by atoms with E-state index in [1.165, 1.54) is 0 Å². The summed E-state index contributed by atoms with van der Waals surface area (Å²) in [5.41, 5.74) is 2.14. The highest BCUT2D eigenvalue weighted by atomic mass is 16.3. The van der Waals surface area contributed by atoms with E-state index in [2.05, 4.69) is 20.8 Å². The number of carbonyl (C=O) groups is 2. The summed E-state index contributed by atoms with van der Waals surface area (Å²) < 4.78 is 0. The van der Waals surface area contributed by atoms with Gasteiger partial charge in [0.1, 0.15) is 6.61 Å². The number of aliphatic hydroxyl groups is 1. The number of aliphatic hydroxyl groups excluding tert-OH is 1. The molecule has 1 aromatic rings. The summed E-state index contributed by atoms with van der Waals surface area (Å²) >= 11 is 0. The first-order chi connectivity index (χ1) is 10.3. The van der Waals surface area contributed by atoms with Crippen molar-refractivity contribution in [1.29, 1.82) is 0 Å². The van der Waals surface area contributed by atoms with Crippen LogP contribution in [0.1, 0.15) is 49.5 Å². The third kappa shape index (κ3) is 1.92. The fourth-order valence-corrected chi connectivity index (χ4v) is 4.13. The molecule has 0 aliphatic heterocycles. The van der Waals surface area contributed by atoms with Crippen LogP contribution in [0.25, 0.3) is 6.08 Å². The van der Waals surface area contributed by atoms with Crippen LogP contribution in [0.2, 0.25) is 0 Å². The zero-order valence-corrected chi connectivity index (χ0v) is 13.3. The topological polar surface area (TPSA) is 54.4 Å². The van der Waals surface area contributed by atoms with Gasteiger partial charge in [-0.1, -0.05) is 45.0 Å². The zero-order valence-electron chi connectivity index (χ0n) is 13.3. The van der Waals surface area contributed by atoms with Crippen LogP contribution >= 0.6 is 0 Å². The van der Waals surface area contributed by atoms with Crippen molar-refractivity contribution in [1.82, 2.24) is 0 Å². The Hall–Kier alpha value is -1.74. The van der Waals surface area contributed by atoms with Gasteiger partial charge in [0.15, 0.2) is 11.6 Å². The van der Waals surface area contributed by atoms with Gasteiger partial charge in [0.2, 0.25) is 0 Å². The first-order valence-electron chi connectivity index (χ1n) is 7.82. The largest absolute Gasteiger partial charge is 0.388 e. The molecule has 2 atom stereocenters. The minimum atomic E-state index is -0.479. The highest BCUT2D eigenvalue weighted by Gasteiger charge is 2.63. The summed E-state index contributed by atoms with van der Waals surface area (Å²) in [4.78, 5) is 24.2. The van der Waals surface area contributed by atoms with E-state index in [1.807, 2.05) is 18.2 Å². The van der Waals surface area contributed by atoms with Crippen molar-refractivity contribution in [3.8, 4) is 0 Å². The molecule has 0 aromatic heterocycles. The van der Waals surface area contributed by atoms with Crippen molar-refractivity contribution >= 4 is 17.6 Å². The number of ketones is 2. The molecule has 22 heavy (non-hydrogen) atoms. The average Bonchev–Trinajstić information content (AvgIpc) is 2.81. The van der Waals surface area contributed by atoms with Crippen molar-refractivity contribution in [2.75, 3.05) is 6.61 Å². The highest BCUT2D eigenvalue weighted by molar-refractivity contribution is 6.08. The maximum Gasteiger partial charge on any atom is 0.188 e. The van der Waals surface area contributed by atoms with Gasteiger partial charge < -0.3 is 5.11 Å². The summed E-state index contributed by atoms with van der Waals surface area (Å²) in [7, 11) is 0. The maximum atomic E-state index is 12.8. The second-order valence-electron chi connectivity index (χ2n) is 7.28. The summed E-state index contributed by atoms with van der Waals surface area (Å²) in [6.07, 6.45) is 4.03. The zero-order chi connectivity index (χ0) is 16.1. The maximum absolute atomic E-state index is 12.8. The van der Waals surface area contributed by atoms with Crippen molar-refractivity contribution < 1.29 is 14.7 Å². The van der Waals surface area contributed by atoms with E-state index < -0.39 is 6.61 Å². The third-order valence-corrected chi connectivity index (χ3v) is 6.06. The molecule has 1 N–H and O–H groups in total. The average molecular weight is 298 g/mol. The van der Waals surface area contributed by atoms with Gasteiger partial charge in [-0.15, -0.1) is 0 Å². The highest BCUT2D eigenvalue weighted by Crippen LogP contribution is 2.65. The molecule has 0 spiro atoms. The number of hydrogen-bond acceptors (Lipinski definition) is 3. The van der Waals surface area contributed by atoms with Crippen molar-refractivity contribution in [2.24, 2.45) is 16.7 Å². The first-order valence-corrected chi connectivity index (χ1v) is 7.82. The quantitative estimate of drug-likeness (QED) is 0.688. The summed E-state index contributed by atoms with van der Waals surface area (Å²) in [5, 5.41) is 8.87. The van der Waals surface area contributed by atoms with Gasteiger partial charge in [-0.05, 0) is 41.4 Å². The lowest BCUT2D eigenvalue weighted by molar-refractivity contribution is -0.125. The molecular formula is C19H22O3. The monoisotopic (exact) mass is 298 g/mol. The van der Waals surface area contributed by atoms with Gasteiger partial charge in [-0.3, -0.25) is 9.59 Å². The van der Waals surface area contributed by atoms with Gasteiger partial charge >= 0.3 is 0 Å². The molecule has 2 fully saturated rings. The second kappa shape index (κ2) is 4.88. The normalized spacial score (nSPS) is 31.0. The molecule has 0 saturated heterocycles. The molecule has 0 radical (unpaired) electrons. The fourth-order valence-electron chi connectivity index (χ4n) is 4.13. The van der Waals surface area contributed by atoms with Crippen LogP contribution in [0.15, 0.2) is 29.8 Å². The smallest absolute Gasteiger partial charge is 0.188 e. The molecule has 2 bridgehead atoms. The Balaban J connectivity index is 1.94. The molecule has 3 heteroatoms. The summed E-state index contributed by atoms with van der Waals surface area (Å²) in [6, 6.07) is 7.08. The number of benzene rings is 1. The van der Waals surface area contributed by atoms with Crippen LogP contribution in [0.3, 0.4) is 0 Å². The SMILES string of the molecule is CC12CCC(C(=Cc3ccc(C(=O)CO)cc3)C1=O)C2(C)C. The van der Waals surface area contributed by atoms with Crippen molar-refractivity contribution in [2.45, 2.75) is 33.6 Å². The molecule has 3 rings (SSSR count). The van der Waals surface area contributed by atoms with E-state index in [9.17, 15) is 9.59 Å². The lowest BCUT2D eigenvalue weighted by Crippen LogP contribution is -2.32. The van der Waals surface area contributed by atoms with Crippen LogP contribution in [0, 0.1) is 16.7 Å². The fraction of sp³-hybridized carbons (Fsp3) is 0.474. The molecule has 2 aliphatic rings. The standard InChI is InChI=1S/C19H22O3/c1-18(2)15-8-9-19(18,3)17(22)14(15)10-12-4-6-13(7-5-12)16(21)11-20/h4-7,10,15,20H,8-9,11H2,1-3H3. The number of fused-ring (bicyclic) bond motifs is 2. The lowest BCUT2D eigenvalue weighted by atomic mass is 9.70. The molecule has 0 heterocycles. The van der Waals surface area contributed by atoms with Crippen molar-refractivity contribution in [3.63, 3.8) is 0 Å². The number of hydrogen-bond donors (Lipinski definition) is 1. The molecule has 2 aliphatic carbocycles. The van der Waals surface area contributed by atoms with Gasteiger partial charge in [0.05, 0.1) is 0 Å². The van der Waals surface area contributed by atoms with Gasteiger partial charge in [0.25, 0.3) is 0 Å². The molecule has 2 saturated carbocycles. The van der Waals surface area contributed by atoms with Gasteiger partial charge in [0, 0.05) is 11.0 Å². The first kappa shape index (κ1) is 15.2. The third-order valence-electron chi connectivity index (χ3n) is 6.06. The molecule has 1 aromatic carbocycles. The molecule has 2 unspecified atom stereocenters. The predicted molar refractivity (Wildman–Crippen MR) is 85.5 cm³/mol. The van der Waals surface area contributed by atoms with E-state index in [4.69, 9.17) is 5.11 Å². The molecule has 3 nitrogen and oxygen atoms in total. The lowest BCUT2D eigenvalue weighted by Gasteiger charge is -2.31. The minimum Gasteiger partial charge on any atom is -0.388 e. The van der Waals surface area contributed by atoms with Crippen LogP contribution < -0.4 is 0 Å². The minimum absolute atomic E-state index is 0.0166. The van der Waals surface area contributed by atoms with Gasteiger partial charge in [-0.25, -0.2) is 0 Å². The number of Topliss-reactive ketones (excluding diaryl/α,β-unsaturated/α-hetero) is 2. The summed E-state index contributed by atoms with van der Waals surface area (Å²) in [6.45, 7) is 6.02. The van der Waals surface area contributed by atoms with E-state index in [0.717, 1.165) is 24.0 Å². The van der Waals surface area contributed by atoms with Gasteiger partial charge in [-0.2, -0.15) is 0 Å². The predicted octanol–water partition coefficient (Wildman–Crippen LogP) is 3.27. The molecular weight excluding hydrogens is 276 g/mol. The number of allylic oxidation sites excluding steroid dienone is 1. The van der Waals surface area contributed by atoms with Crippen molar-refractivity contribution in [3.05, 3.63) is 41.0 Å². The van der Waals surface area contributed by atoms with Crippen LogP contribution in [-0.4, -0.2) is 23.3 Å². The van der Waals surface area contributed by atoms with E-state index in [0.29, 0.717) is 11.5 Å². The number of carbonyl (C=O) groups excluding carboxylic acids is 2. The van der Waals surface area contributed by atoms with Crippen LogP contribution in [0.4, 0.5) is 0 Å². The van der Waals surface area contributed by atoms with Crippen LogP contribution in [-0.2, 0) is 4.79 Å². The Labute approximate surface area is 131 Å². The Morgan fingerprint density at radius 1 is 1.27 bits per heavy atom. The Kier molecular flexibility index (Phi) is 3.37. The Morgan fingerprint density at radius 3 is 2.41 bits per heavy atom. The Bertz CT molecular complexity index is 666. The Morgan fingerprint density at radius 2 is 1.91 bits per heavy atom. The molecule has 0 amide bonds. The number of rotatable bonds is 3. The van der Waals surface area contributed by atoms with E-state index in [1.54, 1.807) is 12.1 Å². The summed E-state index contributed by atoms with van der Waals surface area (Å²) in [5.74, 6) is 0.317.